The van der Waals surface area contributed by atoms with Crippen LogP contribution in [0, 0.1) is 0 Å². The van der Waals surface area contributed by atoms with Gasteiger partial charge in [0, 0.05) is 38.8 Å². The van der Waals surface area contributed by atoms with E-state index in [-0.39, 0.29) is 11.9 Å². The van der Waals surface area contributed by atoms with Crippen molar-refractivity contribution in [1.82, 2.24) is 4.90 Å². The highest BCUT2D eigenvalue weighted by atomic mass is 16.5. The van der Waals surface area contributed by atoms with E-state index in [0.717, 1.165) is 26.1 Å². The number of nitrogens with two attached hydrogens (primary N) is 1. The summed E-state index contributed by atoms with van der Waals surface area (Å²) in [6.07, 6.45) is 1.41. The quantitative estimate of drug-likeness (QED) is 0.614. The van der Waals surface area contributed by atoms with Crippen LogP contribution in [-0.2, 0) is 9.53 Å². The first-order valence-electron chi connectivity index (χ1n) is 4.85. The second-order valence-corrected chi connectivity index (χ2v) is 3.36. The summed E-state index contributed by atoms with van der Waals surface area (Å²) in [5, 5.41) is 0. The molecule has 1 aliphatic rings. The molecule has 1 aliphatic heterocycles. The summed E-state index contributed by atoms with van der Waals surface area (Å²) in [5.41, 5.74) is 5.56. The fourth-order valence-electron chi connectivity index (χ4n) is 1.34. The molecule has 0 aromatic rings. The molecule has 1 saturated heterocycles. The first kappa shape index (κ1) is 10.5. The van der Waals surface area contributed by atoms with Crippen LogP contribution >= 0.6 is 0 Å². The average molecular weight is 186 g/mol. The summed E-state index contributed by atoms with van der Waals surface area (Å²) < 4.78 is 5.14. The Bertz CT molecular complexity index is 167. The minimum atomic E-state index is 0.204. The van der Waals surface area contributed by atoms with Gasteiger partial charge in [0.25, 0.3) is 0 Å². The van der Waals surface area contributed by atoms with Crippen LogP contribution in [0.1, 0.15) is 19.8 Å². The Hall–Kier alpha value is -0.610. The van der Waals surface area contributed by atoms with E-state index in [9.17, 15) is 4.79 Å². The molecular weight excluding hydrogens is 168 g/mol. The molecule has 0 unspecified atom stereocenters. The maximum Gasteiger partial charge on any atom is 0.222 e. The number of amides is 1. The van der Waals surface area contributed by atoms with Crippen molar-refractivity contribution < 1.29 is 9.53 Å². The Kier molecular flexibility index (Phi) is 4.18. The van der Waals surface area contributed by atoms with Gasteiger partial charge in [0.2, 0.25) is 5.91 Å². The molecule has 76 valence electrons. The Morgan fingerprint density at radius 1 is 1.62 bits per heavy atom. The number of carbonyl (C=O) groups excluding carboxylic acids is 1. The van der Waals surface area contributed by atoms with Gasteiger partial charge in [-0.25, -0.2) is 0 Å². The second-order valence-electron chi connectivity index (χ2n) is 3.36. The van der Waals surface area contributed by atoms with E-state index < -0.39 is 0 Å². The van der Waals surface area contributed by atoms with E-state index >= 15 is 0 Å². The molecule has 4 heteroatoms. The molecule has 4 nitrogen and oxygen atoms in total. The largest absolute Gasteiger partial charge is 0.382 e. The lowest BCUT2D eigenvalue weighted by atomic mass is 10.1. The van der Waals surface area contributed by atoms with Crippen molar-refractivity contribution >= 4 is 5.91 Å². The van der Waals surface area contributed by atoms with E-state index in [4.69, 9.17) is 10.5 Å². The summed E-state index contributed by atoms with van der Waals surface area (Å²) in [7, 11) is 0. The topological polar surface area (TPSA) is 55.6 Å². The number of likely N-dealkylation sites (tertiary alicyclic amines) is 1. The lowest BCUT2D eigenvalue weighted by Gasteiger charge is -2.36. The molecule has 0 aromatic carbocycles. The summed E-state index contributed by atoms with van der Waals surface area (Å²) in [6.45, 7) is 4.82. The predicted molar refractivity (Wildman–Crippen MR) is 50.3 cm³/mol. The standard InChI is InChI=1S/C9H18N2O2/c1-2-13-5-3-4-9(12)11-6-8(10)7-11/h8H,2-7,10H2,1H3. The lowest BCUT2D eigenvalue weighted by molar-refractivity contribution is -0.135. The number of carbonyl (C=O) groups is 1. The van der Waals surface area contributed by atoms with E-state index in [0.29, 0.717) is 13.0 Å². The average Bonchev–Trinajstić information content (AvgIpc) is 2.07. The van der Waals surface area contributed by atoms with Gasteiger partial charge in [-0.3, -0.25) is 4.79 Å². The van der Waals surface area contributed by atoms with Crippen molar-refractivity contribution in [3.05, 3.63) is 0 Å². The minimum Gasteiger partial charge on any atom is -0.382 e. The Morgan fingerprint density at radius 3 is 2.85 bits per heavy atom. The zero-order chi connectivity index (χ0) is 9.68. The Labute approximate surface area is 79.0 Å². The van der Waals surface area contributed by atoms with E-state index in [2.05, 4.69) is 0 Å². The van der Waals surface area contributed by atoms with Crippen molar-refractivity contribution in [1.29, 1.82) is 0 Å². The fourth-order valence-corrected chi connectivity index (χ4v) is 1.34. The van der Waals surface area contributed by atoms with Crippen molar-refractivity contribution in [2.45, 2.75) is 25.8 Å². The first-order chi connectivity index (χ1) is 6.24. The predicted octanol–water partition coefficient (Wildman–Crippen LogP) is -0.0274. The molecule has 1 amide bonds. The van der Waals surface area contributed by atoms with Crippen LogP contribution in [0.3, 0.4) is 0 Å². The molecule has 0 aromatic heterocycles. The lowest BCUT2D eigenvalue weighted by Crippen LogP contribution is -2.57. The summed E-state index contributed by atoms with van der Waals surface area (Å²) in [6, 6.07) is 0.204. The van der Waals surface area contributed by atoms with Gasteiger partial charge in [-0.05, 0) is 13.3 Å². The molecule has 0 atom stereocenters. The van der Waals surface area contributed by atoms with Gasteiger partial charge < -0.3 is 15.4 Å². The number of hydrogen-bond acceptors (Lipinski definition) is 3. The molecule has 0 spiro atoms. The van der Waals surface area contributed by atoms with E-state index in [1.807, 2.05) is 6.92 Å². The number of nitrogens with zero attached hydrogens (tertiary/aromatic N) is 1. The maximum absolute atomic E-state index is 11.3. The van der Waals surface area contributed by atoms with Gasteiger partial charge in [-0.15, -0.1) is 0 Å². The third-order valence-electron chi connectivity index (χ3n) is 2.15. The number of rotatable bonds is 5. The highest BCUT2D eigenvalue weighted by Crippen LogP contribution is 2.08. The van der Waals surface area contributed by atoms with Crippen molar-refractivity contribution in [3.8, 4) is 0 Å². The van der Waals surface area contributed by atoms with Gasteiger partial charge in [0.05, 0.1) is 0 Å². The zero-order valence-electron chi connectivity index (χ0n) is 8.16. The van der Waals surface area contributed by atoms with Gasteiger partial charge in [0.1, 0.15) is 0 Å². The normalized spacial score (nSPS) is 17.2. The molecular formula is C9H18N2O2. The van der Waals surface area contributed by atoms with E-state index in [1.165, 1.54) is 0 Å². The van der Waals surface area contributed by atoms with E-state index in [1.54, 1.807) is 4.90 Å². The second kappa shape index (κ2) is 5.19. The molecule has 13 heavy (non-hydrogen) atoms. The molecule has 1 rings (SSSR count). The zero-order valence-corrected chi connectivity index (χ0v) is 8.16. The highest BCUT2D eigenvalue weighted by molar-refractivity contribution is 5.77. The monoisotopic (exact) mass is 186 g/mol. The Morgan fingerprint density at radius 2 is 2.31 bits per heavy atom. The van der Waals surface area contributed by atoms with Crippen LogP contribution in [0.4, 0.5) is 0 Å². The van der Waals surface area contributed by atoms with Gasteiger partial charge in [0.15, 0.2) is 0 Å². The molecule has 2 N–H and O–H groups in total. The molecule has 1 heterocycles. The van der Waals surface area contributed by atoms with Gasteiger partial charge in [-0.1, -0.05) is 0 Å². The molecule has 1 fully saturated rings. The number of ether oxygens (including phenoxy) is 1. The molecule has 0 radical (unpaired) electrons. The van der Waals surface area contributed by atoms with Crippen LogP contribution in [0.15, 0.2) is 0 Å². The van der Waals surface area contributed by atoms with Crippen LogP contribution in [0.2, 0.25) is 0 Å². The van der Waals surface area contributed by atoms with Gasteiger partial charge >= 0.3 is 0 Å². The SMILES string of the molecule is CCOCCCC(=O)N1CC(N)C1. The molecule has 0 saturated carbocycles. The molecule has 0 bridgehead atoms. The minimum absolute atomic E-state index is 0.204. The smallest absolute Gasteiger partial charge is 0.222 e. The van der Waals surface area contributed by atoms with Crippen molar-refractivity contribution in [3.63, 3.8) is 0 Å². The summed E-state index contributed by atoms with van der Waals surface area (Å²) >= 11 is 0. The third-order valence-corrected chi connectivity index (χ3v) is 2.15. The van der Waals surface area contributed by atoms with Crippen LogP contribution in [0.25, 0.3) is 0 Å². The third kappa shape index (κ3) is 3.32. The highest BCUT2D eigenvalue weighted by Gasteiger charge is 2.26. The van der Waals surface area contributed by atoms with Crippen molar-refractivity contribution in [2.75, 3.05) is 26.3 Å². The first-order valence-corrected chi connectivity index (χ1v) is 4.85. The van der Waals surface area contributed by atoms with Gasteiger partial charge in [-0.2, -0.15) is 0 Å². The fraction of sp³-hybridized carbons (Fsp3) is 0.889. The van der Waals surface area contributed by atoms with Crippen LogP contribution in [0.5, 0.6) is 0 Å². The maximum atomic E-state index is 11.3. The molecule has 0 aliphatic carbocycles. The van der Waals surface area contributed by atoms with Crippen LogP contribution in [-0.4, -0.2) is 43.2 Å². The number of hydrogen-bond donors (Lipinski definition) is 1. The summed E-state index contributed by atoms with van der Waals surface area (Å²) in [4.78, 5) is 13.2. The van der Waals surface area contributed by atoms with Crippen molar-refractivity contribution in [2.24, 2.45) is 5.73 Å². The Balaban J connectivity index is 1.99. The summed E-state index contributed by atoms with van der Waals surface area (Å²) in [5.74, 6) is 0.210. The van der Waals surface area contributed by atoms with Crippen LogP contribution < -0.4 is 5.73 Å².